The number of nitrogens with two attached hydrogens (primary N) is 2. The predicted molar refractivity (Wildman–Crippen MR) is 66.0 cm³/mol. The van der Waals surface area contributed by atoms with Crippen molar-refractivity contribution in [2.75, 3.05) is 13.1 Å². The second-order valence-electron chi connectivity index (χ2n) is 4.75. The van der Waals surface area contributed by atoms with E-state index >= 15 is 0 Å². The van der Waals surface area contributed by atoms with Gasteiger partial charge in [-0.1, -0.05) is 19.8 Å². The molecule has 1 saturated heterocycles. The fourth-order valence-electron chi connectivity index (χ4n) is 2.17. The van der Waals surface area contributed by atoms with Gasteiger partial charge >= 0.3 is 0 Å². The third-order valence-corrected chi connectivity index (χ3v) is 3.39. The lowest BCUT2D eigenvalue weighted by molar-refractivity contribution is -0.136. The summed E-state index contributed by atoms with van der Waals surface area (Å²) in [4.78, 5) is 24.7. The van der Waals surface area contributed by atoms with Gasteiger partial charge < -0.3 is 16.4 Å². The van der Waals surface area contributed by atoms with Crippen molar-refractivity contribution >= 4 is 11.8 Å². The lowest BCUT2D eigenvalue weighted by Crippen LogP contribution is -2.48. The fourth-order valence-corrected chi connectivity index (χ4v) is 2.17. The van der Waals surface area contributed by atoms with E-state index in [1.165, 1.54) is 0 Å². The van der Waals surface area contributed by atoms with E-state index in [1.54, 1.807) is 4.90 Å². The number of carbonyl (C=O) groups is 2. The summed E-state index contributed by atoms with van der Waals surface area (Å²) in [6, 6.07) is -0.389. The van der Waals surface area contributed by atoms with Crippen molar-refractivity contribution in [2.24, 2.45) is 17.4 Å². The van der Waals surface area contributed by atoms with Gasteiger partial charge in [0, 0.05) is 19.0 Å². The molecule has 0 aliphatic carbocycles. The zero-order valence-electron chi connectivity index (χ0n) is 10.5. The molecule has 1 fully saturated rings. The minimum absolute atomic E-state index is 0.0152. The van der Waals surface area contributed by atoms with Crippen molar-refractivity contribution in [3.63, 3.8) is 0 Å². The number of hydrogen-bond donors (Lipinski definition) is 2. The highest BCUT2D eigenvalue weighted by Gasteiger charge is 2.28. The maximum atomic E-state index is 12.0. The third-order valence-electron chi connectivity index (χ3n) is 3.39. The quantitative estimate of drug-likeness (QED) is 0.722. The van der Waals surface area contributed by atoms with E-state index in [0.29, 0.717) is 25.9 Å². The topological polar surface area (TPSA) is 89.4 Å². The average molecular weight is 241 g/mol. The number of likely N-dealkylation sites (tertiary alicyclic amines) is 1. The van der Waals surface area contributed by atoms with Gasteiger partial charge in [-0.2, -0.15) is 0 Å². The van der Waals surface area contributed by atoms with Gasteiger partial charge in [-0.15, -0.1) is 0 Å². The van der Waals surface area contributed by atoms with Crippen molar-refractivity contribution in [1.29, 1.82) is 0 Å². The Kier molecular flexibility index (Phi) is 5.41. The Hall–Kier alpha value is -1.10. The molecule has 98 valence electrons. The first-order valence-corrected chi connectivity index (χ1v) is 6.40. The first-order valence-electron chi connectivity index (χ1n) is 6.40. The zero-order valence-corrected chi connectivity index (χ0v) is 10.5. The molecule has 2 amide bonds. The minimum Gasteiger partial charge on any atom is -0.369 e. The molecule has 0 bridgehead atoms. The maximum Gasteiger partial charge on any atom is 0.239 e. The minimum atomic E-state index is -0.389. The average Bonchev–Trinajstić information content (AvgIpc) is 2.35. The summed E-state index contributed by atoms with van der Waals surface area (Å²) in [7, 11) is 0. The Bertz CT molecular complexity index is 273. The van der Waals surface area contributed by atoms with E-state index in [0.717, 1.165) is 19.3 Å². The summed E-state index contributed by atoms with van der Waals surface area (Å²) >= 11 is 0. The number of unbranched alkanes of at least 4 members (excludes halogenated alkanes) is 1. The summed E-state index contributed by atoms with van der Waals surface area (Å²) in [5.41, 5.74) is 11.1. The van der Waals surface area contributed by atoms with Crippen LogP contribution in [0.15, 0.2) is 0 Å². The SMILES string of the molecule is CCCC[C@H](N)C(=O)N1CCC(C(N)=O)CC1. The molecule has 5 nitrogen and oxygen atoms in total. The number of piperidine rings is 1. The predicted octanol–water partition coefficient (Wildman–Crippen LogP) is 0.228. The number of hydrogen-bond acceptors (Lipinski definition) is 3. The van der Waals surface area contributed by atoms with Gasteiger partial charge in [0.2, 0.25) is 11.8 Å². The standard InChI is InChI=1S/C12H23N3O2/c1-2-3-4-10(13)12(17)15-7-5-9(6-8-15)11(14)16/h9-10H,2-8,13H2,1H3,(H2,14,16)/t10-/m0/s1. The Morgan fingerprint density at radius 1 is 1.35 bits per heavy atom. The van der Waals surface area contributed by atoms with E-state index < -0.39 is 0 Å². The molecule has 0 aromatic carbocycles. The van der Waals surface area contributed by atoms with Crippen LogP contribution >= 0.6 is 0 Å². The molecule has 0 aromatic rings. The highest BCUT2D eigenvalue weighted by Crippen LogP contribution is 2.17. The Balaban J connectivity index is 2.37. The van der Waals surface area contributed by atoms with Gasteiger partial charge in [0.15, 0.2) is 0 Å². The van der Waals surface area contributed by atoms with Gasteiger partial charge in [0.1, 0.15) is 0 Å². The molecule has 1 rings (SSSR count). The monoisotopic (exact) mass is 241 g/mol. The van der Waals surface area contributed by atoms with Gasteiger partial charge in [0.05, 0.1) is 6.04 Å². The molecule has 4 N–H and O–H groups in total. The number of carbonyl (C=O) groups excluding carboxylic acids is 2. The van der Waals surface area contributed by atoms with Crippen molar-refractivity contribution in [2.45, 2.75) is 45.1 Å². The molecule has 0 aromatic heterocycles. The molecule has 0 saturated carbocycles. The largest absolute Gasteiger partial charge is 0.369 e. The first kappa shape index (κ1) is 14.0. The zero-order chi connectivity index (χ0) is 12.8. The maximum absolute atomic E-state index is 12.0. The molecule has 1 heterocycles. The van der Waals surface area contributed by atoms with Gasteiger partial charge in [-0.05, 0) is 19.3 Å². The summed E-state index contributed by atoms with van der Waals surface area (Å²) in [5, 5.41) is 0. The Labute approximate surface area is 103 Å². The van der Waals surface area contributed by atoms with Crippen LogP contribution in [0.3, 0.4) is 0 Å². The van der Waals surface area contributed by atoms with Crippen LogP contribution in [0, 0.1) is 5.92 Å². The summed E-state index contributed by atoms with van der Waals surface area (Å²) in [6.07, 6.45) is 4.10. The molecule has 17 heavy (non-hydrogen) atoms. The van der Waals surface area contributed by atoms with Crippen LogP contribution in [0.4, 0.5) is 0 Å². The lowest BCUT2D eigenvalue weighted by Gasteiger charge is -2.32. The molecule has 1 atom stereocenters. The van der Waals surface area contributed by atoms with E-state index in [9.17, 15) is 9.59 Å². The molecule has 0 unspecified atom stereocenters. The van der Waals surface area contributed by atoms with E-state index in [1.807, 2.05) is 0 Å². The Morgan fingerprint density at radius 3 is 2.41 bits per heavy atom. The first-order chi connectivity index (χ1) is 8.06. The number of nitrogens with zero attached hydrogens (tertiary/aromatic N) is 1. The van der Waals surface area contributed by atoms with Crippen molar-refractivity contribution in [3.05, 3.63) is 0 Å². The van der Waals surface area contributed by atoms with E-state index in [2.05, 4.69) is 6.92 Å². The molecular formula is C12H23N3O2. The van der Waals surface area contributed by atoms with Gasteiger partial charge in [-0.25, -0.2) is 0 Å². The van der Waals surface area contributed by atoms with Gasteiger partial charge in [0.25, 0.3) is 0 Å². The van der Waals surface area contributed by atoms with E-state index in [4.69, 9.17) is 11.5 Å². The third kappa shape index (κ3) is 4.00. The number of primary amides is 1. The van der Waals surface area contributed by atoms with Crippen LogP contribution < -0.4 is 11.5 Å². The molecule has 5 heteroatoms. The van der Waals surface area contributed by atoms with Crippen LogP contribution in [0.1, 0.15) is 39.0 Å². The van der Waals surface area contributed by atoms with Crippen LogP contribution in [0.25, 0.3) is 0 Å². The van der Waals surface area contributed by atoms with Crippen molar-refractivity contribution in [3.8, 4) is 0 Å². The number of rotatable bonds is 5. The fraction of sp³-hybridized carbons (Fsp3) is 0.833. The lowest BCUT2D eigenvalue weighted by atomic mass is 9.95. The highest BCUT2D eigenvalue weighted by molar-refractivity contribution is 5.82. The van der Waals surface area contributed by atoms with Crippen LogP contribution in [-0.4, -0.2) is 35.8 Å². The molecule has 0 radical (unpaired) electrons. The smallest absolute Gasteiger partial charge is 0.239 e. The summed E-state index contributed by atoms with van der Waals surface area (Å²) < 4.78 is 0. The van der Waals surface area contributed by atoms with Crippen molar-refractivity contribution in [1.82, 2.24) is 4.90 Å². The summed E-state index contributed by atoms with van der Waals surface area (Å²) in [5.74, 6) is -0.320. The molecular weight excluding hydrogens is 218 g/mol. The Morgan fingerprint density at radius 2 is 1.94 bits per heavy atom. The van der Waals surface area contributed by atoms with Gasteiger partial charge in [-0.3, -0.25) is 9.59 Å². The molecule has 1 aliphatic heterocycles. The molecule has 0 spiro atoms. The summed E-state index contributed by atoms with van der Waals surface area (Å²) in [6.45, 7) is 3.29. The van der Waals surface area contributed by atoms with E-state index in [-0.39, 0.29) is 23.8 Å². The highest BCUT2D eigenvalue weighted by atomic mass is 16.2. The second kappa shape index (κ2) is 6.59. The van der Waals surface area contributed by atoms with Crippen LogP contribution in [0.2, 0.25) is 0 Å². The second-order valence-corrected chi connectivity index (χ2v) is 4.75. The van der Waals surface area contributed by atoms with Crippen molar-refractivity contribution < 1.29 is 9.59 Å². The normalized spacial score (nSPS) is 19.1. The molecule has 1 aliphatic rings. The van der Waals surface area contributed by atoms with Crippen LogP contribution in [0.5, 0.6) is 0 Å². The van der Waals surface area contributed by atoms with Crippen LogP contribution in [-0.2, 0) is 9.59 Å². The number of amides is 2.